The summed E-state index contributed by atoms with van der Waals surface area (Å²) in [5, 5.41) is 0. The average Bonchev–Trinajstić information content (AvgIpc) is 2.77. The number of hydrogen-bond donors (Lipinski definition) is 0. The molecule has 1 aliphatic rings. The first-order valence-electron chi connectivity index (χ1n) is 4.92. The van der Waals surface area contributed by atoms with Crippen LogP contribution in [0.3, 0.4) is 0 Å². The van der Waals surface area contributed by atoms with Gasteiger partial charge < -0.3 is 9.47 Å². The largest absolute Gasteiger partial charge is 0.375 e. The highest BCUT2D eigenvalue weighted by Crippen LogP contribution is 2.09. The predicted molar refractivity (Wildman–Crippen MR) is 57.9 cm³/mol. The Bertz CT molecular complexity index is 168. The molecule has 1 heterocycles. The van der Waals surface area contributed by atoms with Crippen LogP contribution in [0.15, 0.2) is 12.2 Å². The minimum atomic E-state index is -0.894. The Balaban J connectivity index is 1.91. The Morgan fingerprint density at radius 2 is 2.08 bits per heavy atom. The molecule has 0 amide bonds. The molecule has 0 spiro atoms. The second kappa shape index (κ2) is 4.93. The van der Waals surface area contributed by atoms with E-state index in [0.29, 0.717) is 6.10 Å². The van der Waals surface area contributed by atoms with Crippen molar-refractivity contribution in [1.29, 1.82) is 0 Å². The van der Waals surface area contributed by atoms with E-state index in [9.17, 15) is 0 Å². The molecule has 1 fully saturated rings. The molecule has 1 atom stereocenters. The van der Waals surface area contributed by atoms with Crippen LogP contribution in [0.25, 0.3) is 0 Å². The van der Waals surface area contributed by atoms with Crippen LogP contribution in [0.1, 0.15) is 0 Å². The van der Waals surface area contributed by atoms with Crippen molar-refractivity contribution >= 4 is 8.07 Å². The van der Waals surface area contributed by atoms with Crippen molar-refractivity contribution < 1.29 is 9.47 Å². The van der Waals surface area contributed by atoms with Crippen molar-refractivity contribution in [3.8, 4) is 0 Å². The fourth-order valence-electron chi connectivity index (χ4n) is 0.937. The minimum Gasteiger partial charge on any atom is -0.375 e. The van der Waals surface area contributed by atoms with Crippen molar-refractivity contribution in [1.82, 2.24) is 0 Å². The molecule has 0 saturated carbocycles. The minimum absolute atomic E-state index is 0.394. The maximum atomic E-state index is 5.38. The summed E-state index contributed by atoms with van der Waals surface area (Å²) in [6.45, 7) is 9.50. The number of rotatable bonds is 6. The van der Waals surface area contributed by atoms with Gasteiger partial charge in [0.15, 0.2) is 0 Å². The highest BCUT2D eigenvalue weighted by Gasteiger charge is 2.21. The third-order valence-electron chi connectivity index (χ3n) is 1.82. The zero-order chi connectivity index (χ0) is 9.73. The Morgan fingerprint density at radius 1 is 1.38 bits per heavy atom. The van der Waals surface area contributed by atoms with Gasteiger partial charge in [0, 0.05) is 8.07 Å². The summed E-state index contributed by atoms with van der Waals surface area (Å²) in [5.41, 5.74) is 0. The highest BCUT2D eigenvalue weighted by atomic mass is 28.3. The lowest BCUT2D eigenvalue weighted by atomic mass is 10.5. The molecule has 13 heavy (non-hydrogen) atoms. The highest BCUT2D eigenvalue weighted by molar-refractivity contribution is 6.76. The fourth-order valence-corrected chi connectivity index (χ4v) is 1.81. The Kier molecular flexibility index (Phi) is 4.16. The molecular formula is C10H20O2Si. The van der Waals surface area contributed by atoms with E-state index >= 15 is 0 Å². The Morgan fingerprint density at radius 3 is 2.62 bits per heavy atom. The summed E-state index contributed by atoms with van der Waals surface area (Å²) in [4.78, 5) is 0. The summed E-state index contributed by atoms with van der Waals surface area (Å²) in [6, 6.07) is 1.25. The van der Waals surface area contributed by atoms with E-state index in [4.69, 9.17) is 9.47 Å². The van der Waals surface area contributed by atoms with Crippen molar-refractivity contribution in [2.24, 2.45) is 0 Å². The van der Waals surface area contributed by atoms with Gasteiger partial charge in [-0.2, -0.15) is 0 Å². The number of epoxide rings is 1. The Hall–Kier alpha value is -0.123. The second-order valence-electron chi connectivity index (χ2n) is 4.73. The van der Waals surface area contributed by atoms with Gasteiger partial charge in [0.25, 0.3) is 0 Å². The first kappa shape index (κ1) is 11.0. The van der Waals surface area contributed by atoms with Gasteiger partial charge in [0.2, 0.25) is 0 Å². The lowest BCUT2D eigenvalue weighted by Crippen LogP contribution is -2.17. The molecule has 3 heteroatoms. The van der Waals surface area contributed by atoms with E-state index in [2.05, 4.69) is 31.8 Å². The predicted octanol–water partition coefficient (Wildman–Crippen LogP) is 2.30. The third-order valence-corrected chi connectivity index (χ3v) is 3.28. The van der Waals surface area contributed by atoms with Crippen LogP contribution in [-0.4, -0.2) is 34.0 Å². The second-order valence-corrected chi connectivity index (χ2v) is 10.3. The van der Waals surface area contributed by atoms with Gasteiger partial charge in [-0.05, 0) is 6.04 Å². The van der Waals surface area contributed by atoms with Gasteiger partial charge in [0.1, 0.15) is 6.10 Å². The molecule has 0 aliphatic carbocycles. The SMILES string of the molecule is C[Si](C)(C)C/C=C/COCC1CO1. The van der Waals surface area contributed by atoms with Crippen LogP contribution >= 0.6 is 0 Å². The van der Waals surface area contributed by atoms with Crippen LogP contribution in [-0.2, 0) is 9.47 Å². The molecule has 1 saturated heterocycles. The number of hydrogen-bond acceptors (Lipinski definition) is 2. The van der Waals surface area contributed by atoms with Crippen molar-refractivity contribution in [3.63, 3.8) is 0 Å². The zero-order valence-corrected chi connectivity index (χ0v) is 9.88. The monoisotopic (exact) mass is 200 g/mol. The third kappa shape index (κ3) is 6.99. The van der Waals surface area contributed by atoms with Crippen LogP contribution in [0.2, 0.25) is 25.7 Å². The van der Waals surface area contributed by atoms with Gasteiger partial charge >= 0.3 is 0 Å². The van der Waals surface area contributed by atoms with Crippen LogP contribution in [0.5, 0.6) is 0 Å². The molecule has 0 aromatic carbocycles. The van der Waals surface area contributed by atoms with Crippen molar-refractivity contribution in [3.05, 3.63) is 12.2 Å². The van der Waals surface area contributed by atoms with Crippen molar-refractivity contribution in [2.45, 2.75) is 31.8 Å². The van der Waals surface area contributed by atoms with Crippen LogP contribution in [0, 0.1) is 0 Å². The molecule has 2 nitrogen and oxygen atoms in total. The molecule has 1 rings (SSSR count). The molecule has 0 aromatic heterocycles. The van der Waals surface area contributed by atoms with Crippen LogP contribution < -0.4 is 0 Å². The molecule has 1 unspecified atom stereocenters. The summed E-state index contributed by atoms with van der Waals surface area (Å²) >= 11 is 0. The van der Waals surface area contributed by atoms with Gasteiger partial charge in [-0.15, -0.1) is 0 Å². The van der Waals surface area contributed by atoms with Gasteiger partial charge in [0.05, 0.1) is 19.8 Å². The molecular weight excluding hydrogens is 180 g/mol. The first-order valence-corrected chi connectivity index (χ1v) is 8.63. The van der Waals surface area contributed by atoms with E-state index in [0.717, 1.165) is 19.8 Å². The normalized spacial score (nSPS) is 22.5. The number of allylic oxidation sites excluding steroid dienone is 1. The quantitative estimate of drug-likeness (QED) is 0.284. The van der Waals surface area contributed by atoms with E-state index in [1.54, 1.807) is 0 Å². The van der Waals surface area contributed by atoms with E-state index < -0.39 is 8.07 Å². The molecule has 1 aliphatic heterocycles. The Labute approximate surface area is 81.9 Å². The lowest BCUT2D eigenvalue weighted by Gasteiger charge is -2.11. The topological polar surface area (TPSA) is 21.8 Å². The lowest BCUT2D eigenvalue weighted by molar-refractivity contribution is 0.141. The summed E-state index contributed by atoms with van der Waals surface area (Å²) < 4.78 is 10.4. The first-order chi connectivity index (χ1) is 6.08. The summed E-state index contributed by atoms with van der Waals surface area (Å²) in [6.07, 6.45) is 4.77. The van der Waals surface area contributed by atoms with Crippen LogP contribution in [0.4, 0.5) is 0 Å². The summed E-state index contributed by atoms with van der Waals surface area (Å²) in [7, 11) is -0.894. The number of ether oxygens (including phenoxy) is 2. The molecule has 76 valence electrons. The fraction of sp³-hybridized carbons (Fsp3) is 0.800. The average molecular weight is 200 g/mol. The van der Waals surface area contributed by atoms with Gasteiger partial charge in [-0.1, -0.05) is 31.8 Å². The van der Waals surface area contributed by atoms with Crippen molar-refractivity contribution in [2.75, 3.05) is 19.8 Å². The zero-order valence-electron chi connectivity index (χ0n) is 8.88. The standard InChI is InChI=1S/C10H20O2Si/c1-13(2,3)7-5-4-6-11-8-10-9-12-10/h4-5,10H,6-9H2,1-3H3/b5-4+. The van der Waals surface area contributed by atoms with Gasteiger partial charge in [-0.3, -0.25) is 0 Å². The van der Waals surface area contributed by atoms with E-state index in [1.807, 2.05) is 0 Å². The van der Waals surface area contributed by atoms with Gasteiger partial charge in [-0.25, -0.2) is 0 Å². The maximum absolute atomic E-state index is 5.38. The van der Waals surface area contributed by atoms with E-state index in [-0.39, 0.29) is 0 Å². The molecule has 0 radical (unpaired) electrons. The smallest absolute Gasteiger partial charge is 0.104 e. The molecule has 0 N–H and O–H groups in total. The summed E-state index contributed by atoms with van der Waals surface area (Å²) in [5.74, 6) is 0. The molecule has 0 aromatic rings. The molecule has 0 bridgehead atoms. The maximum Gasteiger partial charge on any atom is 0.104 e. The van der Waals surface area contributed by atoms with E-state index in [1.165, 1.54) is 6.04 Å².